The van der Waals surface area contributed by atoms with E-state index in [1.165, 1.54) is 29.2 Å². The minimum atomic E-state index is -0.478. The minimum Gasteiger partial charge on any atom is -0.361 e. The lowest BCUT2D eigenvalue weighted by molar-refractivity contribution is -0.126. The Labute approximate surface area is 172 Å². The molecule has 1 fully saturated rings. The van der Waals surface area contributed by atoms with Crippen molar-refractivity contribution >= 4 is 34.3 Å². The first kappa shape index (κ1) is 19.6. The Morgan fingerprint density at radius 2 is 1.83 bits per heavy atom. The van der Waals surface area contributed by atoms with Gasteiger partial charge in [0.25, 0.3) is 5.91 Å². The van der Waals surface area contributed by atoms with Crippen LogP contribution in [0.1, 0.15) is 16.8 Å². The minimum absolute atomic E-state index is 0.103. The molecule has 8 heteroatoms. The number of benzene rings is 2. The zero-order valence-electron chi connectivity index (χ0n) is 16.2. The number of H-pyrrole nitrogens is 1. The molecule has 0 bridgehead atoms. The monoisotopic (exact) mass is 408 g/mol. The highest BCUT2D eigenvalue weighted by atomic mass is 19.1. The molecule has 1 aliphatic rings. The zero-order chi connectivity index (χ0) is 21.1. The summed E-state index contributed by atoms with van der Waals surface area (Å²) in [6.45, 7) is 0.783. The van der Waals surface area contributed by atoms with E-state index in [1.54, 1.807) is 12.1 Å². The summed E-state index contributed by atoms with van der Waals surface area (Å²) in [5.74, 6) is -1.49. The van der Waals surface area contributed by atoms with Gasteiger partial charge in [-0.15, -0.1) is 0 Å². The molecule has 30 heavy (non-hydrogen) atoms. The number of carbonyl (C=O) groups is 3. The Balaban J connectivity index is 1.24. The maximum atomic E-state index is 13.1. The summed E-state index contributed by atoms with van der Waals surface area (Å²) in [5, 5.41) is 6.56. The van der Waals surface area contributed by atoms with E-state index in [0.29, 0.717) is 11.3 Å². The molecule has 154 valence electrons. The number of nitrogens with zero attached hydrogens (tertiary/aromatic N) is 1. The summed E-state index contributed by atoms with van der Waals surface area (Å²) in [6.07, 6.45) is 1.92. The fraction of sp³-hybridized carbons (Fsp3) is 0.227. The molecule has 0 saturated carbocycles. The van der Waals surface area contributed by atoms with Gasteiger partial charge < -0.3 is 20.5 Å². The van der Waals surface area contributed by atoms with Gasteiger partial charge >= 0.3 is 0 Å². The van der Waals surface area contributed by atoms with Crippen molar-refractivity contribution in [2.75, 3.05) is 24.5 Å². The number of hydrogen-bond donors (Lipinski definition) is 3. The van der Waals surface area contributed by atoms with Crippen LogP contribution in [0.2, 0.25) is 0 Å². The Morgan fingerprint density at radius 1 is 1.07 bits per heavy atom. The van der Waals surface area contributed by atoms with Crippen LogP contribution in [0.15, 0.2) is 54.7 Å². The zero-order valence-corrected chi connectivity index (χ0v) is 16.2. The van der Waals surface area contributed by atoms with E-state index in [1.807, 2.05) is 18.3 Å². The average molecular weight is 408 g/mol. The molecule has 3 aromatic rings. The van der Waals surface area contributed by atoms with Crippen molar-refractivity contribution in [2.45, 2.75) is 6.42 Å². The molecule has 0 spiro atoms. The van der Waals surface area contributed by atoms with Crippen LogP contribution in [0.5, 0.6) is 0 Å². The fourth-order valence-corrected chi connectivity index (χ4v) is 3.55. The average Bonchev–Trinajstić information content (AvgIpc) is 3.37. The molecule has 1 aromatic heterocycles. The standard InChI is InChI=1S/C22H21FN4O3/c23-17-3-5-18(6-4-17)27-13-16(12-20(27)28)22(30)26-10-9-25-21(29)15-2-1-14-7-8-24-19(14)11-15/h1-8,11,16,24H,9-10,12-13H2,(H,25,29)(H,26,30)/t16-/m0/s1. The van der Waals surface area contributed by atoms with Crippen molar-refractivity contribution in [2.24, 2.45) is 5.92 Å². The molecule has 4 rings (SSSR count). The molecule has 3 amide bonds. The van der Waals surface area contributed by atoms with Crippen molar-refractivity contribution in [1.29, 1.82) is 0 Å². The van der Waals surface area contributed by atoms with Crippen LogP contribution in [0, 0.1) is 11.7 Å². The molecule has 2 heterocycles. The van der Waals surface area contributed by atoms with Crippen molar-refractivity contribution in [3.8, 4) is 0 Å². The van der Waals surface area contributed by atoms with Crippen LogP contribution in [0.25, 0.3) is 10.9 Å². The third-order valence-corrected chi connectivity index (χ3v) is 5.16. The number of nitrogens with one attached hydrogen (secondary N) is 3. The number of aromatic nitrogens is 1. The Kier molecular flexibility index (Phi) is 5.47. The first-order valence-electron chi connectivity index (χ1n) is 9.70. The second-order valence-corrected chi connectivity index (χ2v) is 7.21. The van der Waals surface area contributed by atoms with E-state index in [2.05, 4.69) is 15.6 Å². The molecule has 3 N–H and O–H groups in total. The van der Waals surface area contributed by atoms with Crippen molar-refractivity contribution in [3.05, 3.63) is 66.1 Å². The number of halogens is 1. The van der Waals surface area contributed by atoms with Crippen LogP contribution in [-0.4, -0.2) is 42.3 Å². The van der Waals surface area contributed by atoms with Gasteiger partial charge in [0.05, 0.1) is 5.92 Å². The quantitative estimate of drug-likeness (QED) is 0.546. The van der Waals surface area contributed by atoms with Gasteiger partial charge in [0, 0.05) is 49.0 Å². The third kappa shape index (κ3) is 4.17. The number of aromatic amines is 1. The predicted molar refractivity (Wildman–Crippen MR) is 111 cm³/mol. The maximum absolute atomic E-state index is 13.1. The highest BCUT2D eigenvalue weighted by Gasteiger charge is 2.34. The summed E-state index contributed by atoms with van der Waals surface area (Å²) >= 11 is 0. The molecule has 0 aliphatic carbocycles. The molecule has 0 unspecified atom stereocenters. The fourth-order valence-electron chi connectivity index (χ4n) is 3.55. The summed E-state index contributed by atoms with van der Waals surface area (Å²) in [4.78, 5) is 41.4. The largest absolute Gasteiger partial charge is 0.361 e. The van der Waals surface area contributed by atoms with E-state index in [-0.39, 0.29) is 49.6 Å². The van der Waals surface area contributed by atoms with Crippen LogP contribution in [0.4, 0.5) is 10.1 Å². The first-order chi connectivity index (χ1) is 14.5. The number of amides is 3. The molecule has 1 atom stereocenters. The van der Waals surface area contributed by atoms with Gasteiger partial charge in [0.1, 0.15) is 5.82 Å². The van der Waals surface area contributed by atoms with Crippen LogP contribution < -0.4 is 15.5 Å². The second kappa shape index (κ2) is 8.36. The molecule has 1 aliphatic heterocycles. The molecule has 2 aromatic carbocycles. The Bertz CT molecular complexity index is 1090. The summed E-state index contributed by atoms with van der Waals surface area (Å²) in [5.41, 5.74) is 1.99. The van der Waals surface area contributed by atoms with E-state index in [0.717, 1.165) is 10.9 Å². The number of rotatable bonds is 6. The van der Waals surface area contributed by atoms with Crippen molar-refractivity contribution in [3.63, 3.8) is 0 Å². The molecule has 7 nitrogen and oxygen atoms in total. The molecular formula is C22H21FN4O3. The van der Waals surface area contributed by atoms with Gasteiger partial charge in [-0.3, -0.25) is 14.4 Å². The van der Waals surface area contributed by atoms with Crippen LogP contribution in [0.3, 0.4) is 0 Å². The SMILES string of the molecule is O=C(NCCNC(=O)[C@H]1CC(=O)N(c2ccc(F)cc2)C1)c1ccc2cc[nH]c2c1. The van der Waals surface area contributed by atoms with E-state index in [9.17, 15) is 18.8 Å². The maximum Gasteiger partial charge on any atom is 0.251 e. The van der Waals surface area contributed by atoms with E-state index in [4.69, 9.17) is 0 Å². The van der Waals surface area contributed by atoms with Gasteiger partial charge in [0.2, 0.25) is 11.8 Å². The molecular weight excluding hydrogens is 387 g/mol. The van der Waals surface area contributed by atoms with Gasteiger partial charge in [0.15, 0.2) is 0 Å². The lowest BCUT2D eigenvalue weighted by Gasteiger charge is -2.16. The smallest absolute Gasteiger partial charge is 0.251 e. The summed E-state index contributed by atoms with van der Waals surface area (Å²) < 4.78 is 13.1. The number of hydrogen-bond acceptors (Lipinski definition) is 3. The number of fused-ring (bicyclic) bond motifs is 1. The lowest BCUT2D eigenvalue weighted by atomic mass is 10.1. The van der Waals surface area contributed by atoms with Gasteiger partial charge in [-0.2, -0.15) is 0 Å². The first-order valence-corrected chi connectivity index (χ1v) is 9.70. The summed E-state index contributed by atoms with van der Waals surface area (Å²) in [6, 6.07) is 12.9. The normalized spacial score (nSPS) is 16.1. The van der Waals surface area contributed by atoms with Crippen molar-refractivity contribution in [1.82, 2.24) is 15.6 Å². The van der Waals surface area contributed by atoms with Crippen LogP contribution >= 0.6 is 0 Å². The van der Waals surface area contributed by atoms with Crippen molar-refractivity contribution < 1.29 is 18.8 Å². The predicted octanol–water partition coefficient (Wildman–Crippen LogP) is 2.21. The van der Waals surface area contributed by atoms with Crippen LogP contribution in [-0.2, 0) is 9.59 Å². The van der Waals surface area contributed by atoms with Gasteiger partial charge in [-0.1, -0.05) is 6.07 Å². The highest BCUT2D eigenvalue weighted by molar-refractivity contribution is 6.00. The van der Waals surface area contributed by atoms with E-state index >= 15 is 0 Å². The second-order valence-electron chi connectivity index (χ2n) is 7.21. The van der Waals surface area contributed by atoms with E-state index < -0.39 is 5.92 Å². The number of carbonyl (C=O) groups excluding carboxylic acids is 3. The lowest BCUT2D eigenvalue weighted by Crippen LogP contribution is -2.38. The Hall–Kier alpha value is -3.68. The third-order valence-electron chi connectivity index (χ3n) is 5.16. The summed E-state index contributed by atoms with van der Waals surface area (Å²) in [7, 11) is 0. The Morgan fingerprint density at radius 3 is 2.63 bits per heavy atom. The van der Waals surface area contributed by atoms with Gasteiger partial charge in [-0.25, -0.2) is 4.39 Å². The molecule has 1 saturated heterocycles. The topological polar surface area (TPSA) is 94.3 Å². The van der Waals surface area contributed by atoms with Gasteiger partial charge in [-0.05, 0) is 47.9 Å². The highest BCUT2D eigenvalue weighted by Crippen LogP contribution is 2.25. The molecule has 0 radical (unpaired) electrons. The number of anilines is 1.